The summed E-state index contributed by atoms with van der Waals surface area (Å²) in [5.41, 5.74) is 9.64. The van der Waals surface area contributed by atoms with Gasteiger partial charge >= 0.3 is 0 Å². The average Bonchev–Trinajstić information content (AvgIpc) is 3.24. The monoisotopic (exact) mass is 438 g/mol. The third-order valence-corrected chi connectivity index (χ3v) is 6.09. The highest BCUT2D eigenvalue weighted by atomic mass is 35.5. The lowest BCUT2D eigenvalue weighted by Gasteiger charge is -2.22. The summed E-state index contributed by atoms with van der Waals surface area (Å²) in [5.74, 6) is 0.421. The summed E-state index contributed by atoms with van der Waals surface area (Å²) >= 11 is 12.5. The van der Waals surface area contributed by atoms with Gasteiger partial charge in [-0.05, 0) is 55.6 Å². The molecule has 1 aromatic carbocycles. The van der Waals surface area contributed by atoms with Gasteiger partial charge in [0.2, 0.25) is 0 Å². The van der Waals surface area contributed by atoms with E-state index in [-0.39, 0.29) is 0 Å². The minimum atomic E-state index is 0.421. The highest BCUT2D eigenvalue weighted by molar-refractivity contribution is 6.38. The third kappa shape index (κ3) is 3.62. The minimum absolute atomic E-state index is 0.421. The van der Waals surface area contributed by atoms with Gasteiger partial charge in [-0.15, -0.1) is 0 Å². The summed E-state index contributed by atoms with van der Waals surface area (Å²) in [7, 11) is 0. The molecule has 5 rings (SSSR count). The summed E-state index contributed by atoms with van der Waals surface area (Å²) in [6.07, 6.45) is 9.64. The van der Waals surface area contributed by atoms with Crippen molar-refractivity contribution in [2.45, 2.75) is 18.9 Å². The van der Waals surface area contributed by atoms with Gasteiger partial charge in [-0.3, -0.25) is 9.67 Å². The highest BCUT2D eigenvalue weighted by Gasteiger charge is 2.17. The summed E-state index contributed by atoms with van der Waals surface area (Å²) in [6.45, 7) is 2.05. The Morgan fingerprint density at radius 3 is 2.63 bits per heavy atom. The van der Waals surface area contributed by atoms with E-state index in [4.69, 9.17) is 28.9 Å². The summed E-state index contributed by atoms with van der Waals surface area (Å²) in [6, 6.07) is 7.95. The van der Waals surface area contributed by atoms with Crippen molar-refractivity contribution in [3.05, 3.63) is 59.1 Å². The fraction of sp³-hybridized carbons (Fsp3) is 0.227. The topological polar surface area (TPSA) is 81.6 Å². The first-order chi connectivity index (χ1) is 14.6. The number of fused-ring (bicyclic) bond motifs is 1. The van der Waals surface area contributed by atoms with Crippen LogP contribution in [0.5, 0.6) is 0 Å². The van der Waals surface area contributed by atoms with Gasteiger partial charge in [-0.25, -0.2) is 4.98 Å². The van der Waals surface area contributed by atoms with E-state index in [2.05, 4.69) is 31.3 Å². The third-order valence-electron chi connectivity index (χ3n) is 5.56. The molecule has 3 N–H and O–H groups in total. The number of nitrogen functional groups attached to an aromatic ring is 1. The number of halogens is 2. The molecule has 0 aliphatic carbocycles. The molecule has 1 aliphatic heterocycles. The SMILES string of the molecule is Nc1ncc(-c2cnn(C3CCNCC3)c2)cc1-c1cc2cc(Cl)cc(Cl)c2cn1. The van der Waals surface area contributed by atoms with Gasteiger partial charge in [0, 0.05) is 45.7 Å². The zero-order chi connectivity index (χ0) is 20.7. The van der Waals surface area contributed by atoms with Crippen LogP contribution < -0.4 is 11.1 Å². The maximum absolute atomic E-state index is 6.29. The van der Waals surface area contributed by atoms with Crippen LogP contribution >= 0.6 is 23.2 Å². The van der Waals surface area contributed by atoms with Crippen LogP contribution in [-0.2, 0) is 0 Å². The Balaban J connectivity index is 1.53. The van der Waals surface area contributed by atoms with E-state index in [0.717, 1.165) is 59.1 Å². The Morgan fingerprint density at radius 1 is 0.967 bits per heavy atom. The Morgan fingerprint density at radius 2 is 1.80 bits per heavy atom. The Labute approximate surface area is 184 Å². The van der Waals surface area contributed by atoms with E-state index >= 15 is 0 Å². The number of nitrogens with zero attached hydrogens (tertiary/aromatic N) is 4. The average molecular weight is 439 g/mol. The van der Waals surface area contributed by atoms with Gasteiger partial charge in [0.05, 0.1) is 23.0 Å². The molecule has 0 atom stereocenters. The van der Waals surface area contributed by atoms with Crippen LogP contribution in [0.15, 0.2) is 49.1 Å². The largest absolute Gasteiger partial charge is 0.383 e. The van der Waals surface area contributed by atoms with Crippen LogP contribution in [0.1, 0.15) is 18.9 Å². The van der Waals surface area contributed by atoms with Crippen LogP contribution in [0.25, 0.3) is 33.2 Å². The first kappa shape index (κ1) is 19.3. The first-order valence-corrected chi connectivity index (χ1v) is 10.6. The molecule has 6 nitrogen and oxygen atoms in total. The van der Waals surface area contributed by atoms with Crippen LogP contribution in [0.4, 0.5) is 5.82 Å². The maximum atomic E-state index is 6.29. The van der Waals surface area contributed by atoms with Crippen LogP contribution in [0.2, 0.25) is 10.0 Å². The quantitative estimate of drug-likeness (QED) is 0.471. The molecule has 0 bridgehead atoms. The molecule has 1 fully saturated rings. The summed E-state index contributed by atoms with van der Waals surface area (Å²) in [5, 5.41) is 10.9. The van der Waals surface area contributed by atoms with Crippen molar-refractivity contribution >= 4 is 39.8 Å². The number of benzene rings is 1. The molecule has 0 unspecified atom stereocenters. The molecule has 0 spiro atoms. The highest BCUT2D eigenvalue weighted by Crippen LogP contribution is 2.33. The van der Waals surface area contributed by atoms with E-state index < -0.39 is 0 Å². The smallest absolute Gasteiger partial charge is 0.132 e. The maximum Gasteiger partial charge on any atom is 0.132 e. The fourth-order valence-corrected chi connectivity index (χ4v) is 4.48. The number of piperidine rings is 1. The van der Waals surface area contributed by atoms with Crippen LogP contribution in [-0.4, -0.2) is 32.8 Å². The van der Waals surface area contributed by atoms with Crippen molar-refractivity contribution in [2.75, 3.05) is 18.8 Å². The second-order valence-corrected chi connectivity index (χ2v) is 8.37. The zero-order valence-electron chi connectivity index (χ0n) is 16.1. The molecule has 1 saturated heterocycles. The molecule has 4 heterocycles. The van der Waals surface area contributed by atoms with Crippen molar-refractivity contribution in [1.82, 2.24) is 25.1 Å². The second-order valence-electron chi connectivity index (χ2n) is 7.53. The Bertz CT molecular complexity index is 1230. The standard InChI is InChI=1S/C22H20Cl2N6/c23-16-5-13-7-21(27-11-19(13)20(24)8-16)18-6-14(9-28-22(18)25)15-10-29-30(12-15)17-1-3-26-4-2-17/h5-12,17,26H,1-4H2,(H2,25,28). The molecule has 3 aromatic heterocycles. The molecule has 0 amide bonds. The molecule has 30 heavy (non-hydrogen) atoms. The number of anilines is 1. The molecular weight excluding hydrogens is 419 g/mol. The Hall–Kier alpha value is -2.67. The molecule has 152 valence electrons. The predicted octanol–water partition coefficient (Wildman–Crippen LogP) is 4.97. The van der Waals surface area contributed by atoms with Crippen LogP contribution in [0, 0.1) is 0 Å². The number of hydrogen-bond donors (Lipinski definition) is 2. The molecular formula is C22H20Cl2N6. The van der Waals surface area contributed by atoms with Crippen molar-refractivity contribution < 1.29 is 0 Å². The normalized spacial score (nSPS) is 15.0. The Kier molecular flexibility index (Phi) is 5.06. The summed E-state index contributed by atoms with van der Waals surface area (Å²) < 4.78 is 2.06. The zero-order valence-corrected chi connectivity index (χ0v) is 17.7. The molecule has 0 radical (unpaired) electrons. The van der Waals surface area contributed by atoms with Crippen molar-refractivity contribution in [3.63, 3.8) is 0 Å². The van der Waals surface area contributed by atoms with Crippen molar-refractivity contribution in [3.8, 4) is 22.4 Å². The van der Waals surface area contributed by atoms with Gasteiger partial charge in [-0.2, -0.15) is 5.10 Å². The van der Waals surface area contributed by atoms with Crippen molar-refractivity contribution in [2.24, 2.45) is 0 Å². The molecule has 8 heteroatoms. The second kappa shape index (κ2) is 7.87. The lowest BCUT2D eigenvalue weighted by atomic mass is 10.0. The molecule has 0 saturated carbocycles. The lowest BCUT2D eigenvalue weighted by Crippen LogP contribution is -2.29. The molecule has 4 aromatic rings. The minimum Gasteiger partial charge on any atom is -0.383 e. The fourth-order valence-electron chi connectivity index (χ4n) is 3.92. The van der Waals surface area contributed by atoms with E-state index in [1.165, 1.54) is 0 Å². The van der Waals surface area contributed by atoms with E-state index in [1.54, 1.807) is 18.5 Å². The van der Waals surface area contributed by atoms with Gasteiger partial charge in [0.15, 0.2) is 0 Å². The number of hydrogen-bond acceptors (Lipinski definition) is 5. The van der Waals surface area contributed by atoms with E-state index in [9.17, 15) is 0 Å². The van der Waals surface area contributed by atoms with E-state index in [0.29, 0.717) is 21.9 Å². The molecule has 1 aliphatic rings. The number of nitrogens with two attached hydrogens (primary N) is 1. The summed E-state index contributed by atoms with van der Waals surface area (Å²) in [4.78, 5) is 8.97. The van der Waals surface area contributed by atoms with Gasteiger partial charge < -0.3 is 11.1 Å². The number of rotatable bonds is 3. The first-order valence-electron chi connectivity index (χ1n) is 9.84. The number of pyridine rings is 2. The van der Waals surface area contributed by atoms with Gasteiger partial charge in [-0.1, -0.05) is 23.2 Å². The van der Waals surface area contributed by atoms with Crippen molar-refractivity contribution in [1.29, 1.82) is 0 Å². The van der Waals surface area contributed by atoms with Gasteiger partial charge in [0.25, 0.3) is 0 Å². The van der Waals surface area contributed by atoms with Crippen LogP contribution in [0.3, 0.4) is 0 Å². The lowest BCUT2D eigenvalue weighted by molar-refractivity contribution is 0.343. The predicted molar refractivity (Wildman–Crippen MR) is 122 cm³/mol. The van der Waals surface area contributed by atoms with Gasteiger partial charge in [0.1, 0.15) is 5.82 Å². The number of aromatic nitrogens is 4. The number of nitrogens with one attached hydrogen (secondary N) is 1. The van der Waals surface area contributed by atoms with E-state index in [1.807, 2.05) is 24.4 Å².